The molecule has 0 fully saturated rings. The van der Waals surface area contributed by atoms with Gasteiger partial charge in [0.1, 0.15) is 0 Å². The van der Waals surface area contributed by atoms with Gasteiger partial charge in [-0.25, -0.2) is 9.78 Å². The van der Waals surface area contributed by atoms with Crippen molar-refractivity contribution in [2.45, 2.75) is 26.8 Å². The fourth-order valence-electron chi connectivity index (χ4n) is 2.15. The normalized spacial score (nSPS) is 11.7. The van der Waals surface area contributed by atoms with Crippen LogP contribution in [0.25, 0.3) is 11.2 Å². The number of fused-ring (bicyclic) bond motifs is 1. The summed E-state index contributed by atoms with van der Waals surface area (Å²) in [6.07, 6.45) is 2.60. The van der Waals surface area contributed by atoms with Crippen molar-refractivity contribution in [3.05, 3.63) is 27.2 Å². The minimum Gasteiger partial charge on any atom is -0.380 e. The third kappa shape index (κ3) is 3.07. The van der Waals surface area contributed by atoms with Crippen LogP contribution in [0.4, 0.5) is 0 Å². The second kappa shape index (κ2) is 6.26. The lowest BCUT2D eigenvalue weighted by Gasteiger charge is -2.08. The summed E-state index contributed by atoms with van der Waals surface area (Å²) in [5, 5.41) is 0. The van der Waals surface area contributed by atoms with Gasteiger partial charge in [0.25, 0.3) is 5.56 Å². The molecule has 0 atom stereocenters. The second-order valence-electron chi connectivity index (χ2n) is 5.61. The molecule has 0 bridgehead atoms. The first-order chi connectivity index (χ1) is 9.93. The molecule has 0 spiro atoms. The van der Waals surface area contributed by atoms with Crippen molar-refractivity contribution in [2.24, 2.45) is 20.0 Å². The first kappa shape index (κ1) is 15.5. The van der Waals surface area contributed by atoms with E-state index in [1.54, 1.807) is 17.9 Å². The van der Waals surface area contributed by atoms with Crippen LogP contribution >= 0.6 is 0 Å². The van der Waals surface area contributed by atoms with E-state index >= 15 is 0 Å². The molecule has 21 heavy (non-hydrogen) atoms. The zero-order valence-electron chi connectivity index (χ0n) is 13.0. The van der Waals surface area contributed by atoms with E-state index in [4.69, 9.17) is 4.74 Å². The van der Waals surface area contributed by atoms with Gasteiger partial charge in [0.2, 0.25) is 0 Å². The van der Waals surface area contributed by atoms with Crippen LogP contribution < -0.4 is 11.2 Å². The van der Waals surface area contributed by atoms with Gasteiger partial charge in [0.15, 0.2) is 11.2 Å². The molecule has 2 rings (SSSR count). The van der Waals surface area contributed by atoms with Gasteiger partial charge < -0.3 is 9.30 Å². The van der Waals surface area contributed by atoms with E-state index in [0.717, 1.165) is 11.0 Å². The maximum Gasteiger partial charge on any atom is 0.332 e. The number of rotatable bonds is 6. The number of aryl methyl sites for hydroxylation is 1. The summed E-state index contributed by atoms with van der Waals surface area (Å²) in [6.45, 7) is 6.07. The minimum atomic E-state index is -0.370. The Hall–Kier alpha value is -1.89. The van der Waals surface area contributed by atoms with E-state index in [-0.39, 0.29) is 11.2 Å². The lowest BCUT2D eigenvalue weighted by Crippen LogP contribution is -2.37. The molecule has 0 saturated carbocycles. The van der Waals surface area contributed by atoms with Gasteiger partial charge in [-0.3, -0.25) is 13.9 Å². The highest BCUT2D eigenvalue weighted by Crippen LogP contribution is 2.05. The van der Waals surface area contributed by atoms with E-state index in [0.29, 0.717) is 36.8 Å². The van der Waals surface area contributed by atoms with Gasteiger partial charge in [-0.15, -0.1) is 0 Å². The van der Waals surface area contributed by atoms with E-state index in [1.807, 2.05) is 0 Å². The first-order valence-electron chi connectivity index (χ1n) is 7.12. The largest absolute Gasteiger partial charge is 0.380 e. The summed E-state index contributed by atoms with van der Waals surface area (Å²) in [7, 11) is 3.08. The number of imidazole rings is 1. The predicted octanol–water partition coefficient (Wildman–Crippen LogP) is 0.496. The Morgan fingerprint density at radius 2 is 1.90 bits per heavy atom. The quantitative estimate of drug-likeness (QED) is 0.727. The van der Waals surface area contributed by atoms with Crippen molar-refractivity contribution in [3.63, 3.8) is 0 Å². The Morgan fingerprint density at radius 1 is 1.19 bits per heavy atom. The molecule has 2 heterocycles. The molecule has 0 aliphatic carbocycles. The SMILES string of the molecule is CC(C)CCOCCn1cnc2c1c(=O)n(C)c(=O)n2C. The molecule has 2 aromatic rings. The minimum absolute atomic E-state index is 0.326. The van der Waals surface area contributed by atoms with Crippen molar-refractivity contribution in [3.8, 4) is 0 Å². The van der Waals surface area contributed by atoms with E-state index < -0.39 is 0 Å². The molecule has 0 aliphatic rings. The highest BCUT2D eigenvalue weighted by molar-refractivity contribution is 5.69. The van der Waals surface area contributed by atoms with Gasteiger partial charge in [-0.2, -0.15) is 0 Å². The Morgan fingerprint density at radius 3 is 2.57 bits per heavy atom. The van der Waals surface area contributed by atoms with Gasteiger partial charge in [0.05, 0.1) is 12.9 Å². The van der Waals surface area contributed by atoms with Crippen LogP contribution in [0.1, 0.15) is 20.3 Å². The van der Waals surface area contributed by atoms with Crippen LogP contribution in [-0.4, -0.2) is 31.9 Å². The zero-order valence-corrected chi connectivity index (χ0v) is 13.0. The fourth-order valence-corrected chi connectivity index (χ4v) is 2.15. The predicted molar refractivity (Wildman–Crippen MR) is 80.5 cm³/mol. The molecule has 0 saturated heterocycles. The summed E-state index contributed by atoms with van der Waals surface area (Å²) in [6, 6.07) is 0. The molecule has 7 heteroatoms. The Labute approximate surface area is 122 Å². The highest BCUT2D eigenvalue weighted by atomic mass is 16.5. The molecule has 7 nitrogen and oxygen atoms in total. The van der Waals surface area contributed by atoms with Crippen molar-refractivity contribution in [2.75, 3.05) is 13.2 Å². The summed E-state index contributed by atoms with van der Waals surface area (Å²) in [5.74, 6) is 0.612. The fraction of sp³-hybridized carbons (Fsp3) is 0.643. The number of nitrogens with zero attached hydrogens (tertiary/aromatic N) is 4. The molecule has 0 unspecified atom stereocenters. The molecule has 0 amide bonds. The maximum atomic E-state index is 12.2. The van der Waals surface area contributed by atoms with Crippen LogP contribution in [0.5, 0.6) is 0 Å². The second-order valence-corrected chi connectivity index (χ2v) is 5.61. The molecule has 0 N–H and O–H groups in total. The molecular formula is C14H22N4O3. The average molecular weight is 294 g/mol. The van der Waals surface area contributed by atoms with Crippen LogP contribution in [0.15, 0.2) is 15.9 Å². The van der Waals surface area contributed by atoms with Crippen molar-refractivity contribution < 1.29 is 4.74 Å². The van der Waals surface area contributed by atoms with Gasteiger partial charge in [-0.05, 0) is 12.3 Å². The lowest BCUT2D eigenvalue weighted by atomic mass is 10.1. The first-order valence-corrected chi connectivity index (χ1v) is 7.12. The average Bonchev–Trinajstić information content (AvgIpc) is 2.86. The third-order valence-corrected chi connectivity index (χ3v) is 3.53. The lowest BCUT2D eigenvalue weighted by molar-refractivity contribution is 0.117. The van der Waals surface area contributed by atoms with Crippen LogP contribution in [0, 0.1) is 5.92 Å². The smallest absolute Gasteiger partial charge is 0.332 e. The summed E-state index contributed by atoms with van der Waals surface area (Å²) in [4.78, 5) is 28.2. The number of hydrogen-bond donors (Lipinski definition) is 0. The molecule has 2 aromatic heterocycles. The van der Waals surface area contributed by atoms with E-state index in [1.165, 1.54) is 11.6 Å². The number of hydrogen-bond acceptors (Lipinski definition) is 4. The van der Waals surface area contributed by atoms with Crippen molar-refractivity contribution in [1.82, 2.24) is 18.7 Å². The Kier molecular flexibility index (Phi) is 4.62. The maximum absolute atomic E-state index is 12.2. The van der Waals surface area contributed by atoms with E-state index in [2.05, 4.69) is 18.8 Å². The third-order valence-electron chi connectivity index (χ3n) is 3.53. The van der Waals surface area contributed by atoms with Gasteiger partial charge in [0, 0.05) is 27.2 Å². The monoisotopic (exact) mass is 294 g/mol. The van der Waals surface area contributed by atoms with Gasteiger partial charge in [-0.1, -0.05) is 13.8 Å². The molecule has 0 aliphatic heterocycles. The summed E-state index contributed by atoms with van der Waals surface area (Å²) in [5.41, 5.74) is 0.149. The molecule has 116 valence electrons. The molecular weight excluding hydrogens is 272 g/mol. The Bertz CT molecular complexity index is 739. The zero-order chi connectivity index (χ0) is 15.6. The summed E-state index contributed by atoms with van der Waals surface area (Å²) < 4.78 is 9.79. The highest BCUT2D eigenvalue weighted by Gasteiger charge is 2.13. The van der Waals surface area contributed by atoms with Crippen molar-refractivity contribution >= 4 is 11.2 Å². The summed E-state index contributed by atoms with van der Waals surface area (Å²) >= 11 is 0. The van der Waals surface area contributed by atoms with Gasteiger partial charge >= 0.3 is 5.69 Å². The van der Waals surface area contributed by atoms with E-state index in [9.17, 15) is 9.59 Å². The van der Waals surface area contributed by atoms with Crippen molar-refractivity contribution in [1.29, 1.82) is 0 Å². The Balaban J connectivity index is 2.19. The number of aromatic nitrogens is 4. The molecule has 0 radical (unpaired) electrons. The standard InChI is InChI=1S/C14H22N4O3/c1-10(2)5-7-21-8-6-18-9-15-12-11(18)13(19)17(4)14(20)16(12)3/h9-10H,5-8H2,1-4H3. The van der Waals surface area contributed by atoms with Crippen LogP contribution in [0.3, 0.4) is 0 Å². The van der Waals surface area contributed by atoms with Crippen LogP contribution in [-0.2, 0) is 25.4 Å². The number of ether oxygens (including phenoxy) is 1. The topological polar surface area (TPSA) is 71.1 Å². The van der Waals surface area contributed by atoms with Crippen LogP contribution in [0.2, 0.25) is 0 Å². The molecule has 0 aromatic carbocycles.